The highest BCUT2D eigenvalue weighted by molar-refractivity contribution is 7.99. The van der Waals surface area contributed by atoms with Gasteiger partial charge in [-0.05, 0) is 86.7 Å². The van der Waals surface area contributed by atoms with E-state index < -0.39 is 47.1 Å². The molecule has 7 aromatic rings. The summed E-state index contributed by atoms with van der Waals surface area (Å²) in [4.78, 5) is 65.0. The molecule has 22 nitrogen and oxygen atoms in total. The Kier molecular flexibility index (Phi) is 14.5. The number of piperazine rings is 1. The molecule has 4 aromatic carbocycles. The summed E-state index contributed by atoms with van der Waals surface area (Å²) in [6.07, 6.45) is 2.92. The Morgan fingerprint density at radius 1 is 0.965 bits per heavy atom. The third-order valence-electron chi connectivity index (χ3n) is 17.2. The van der Waals surface area contributed by atoms with E-state index in [2.05, 4.69) is 52.7 Å². The molecular weight excluding hydrogens is 1110 g/mol. The molecule has 442 valence electrons. The monoisotopic (exact) mass is 1180 g/mol. The van der Waals surface area contributed by atoms with E-state index in [0.717, 1.165) is 33.2 Å². The molecule has 2 fully saturated rings. The SMILES string of the molecule is COc1cc2c(cc1O)CCNC21CSC2c3c(OC(C)=O)c(C)c4c(c3C(COC1=O)N1C(O)C3Cc5cc(C)c(OC)c(O)c5C(C21)N3C)OCO4.[2H]c1nc(C)nc([2H])c1-c1cc(NC[C@@H](C)c2cccc3c(C(=O)NC)ccnc23)ncn1. The highest BCUT2D eigenvalue weighted by Gasteiger charge is 2.61. The number of aryl methyl sites for hydroxylation is 2. The number of esters is 2. The number of para-hydroxylation sites is 1. The minimum absolute atomic E-state index is 0.0226. The zero-order valence-corrected chi connectivity index (χ0v) is 49.1. The second-order valence-electron chi connectivity index (χ2n) is 22.1. The van der Waals surface area contributed by atoms with Gasteiger partial charge in [-0.15, -0.1) is 11.8 Å². The first-order valence-corrected chi connectivity index (χ1v) is 29.0. The number of likely N-dealkylation sites (N-methyl/N-ethyl adjacent to an activating group) is 1. The number of benzene rings is 4. The highest BCUT2D eigenvalue weighted by atomic mass is 32.2. The number of methoxy groups -OCH3 is 2. The molecule has 2 saturated heterocycles. The molecule has 1 spiro atoms. The summed E-state index contributed by atoms with van der Waals surface area (Å²) in [6.45, 7) is 9.52. The second kappa shape index (κ2) is 22.6. The largest absolute Gasteiger partial charge is 0.504 e. The van der Waals surface area contributed by atoms with Gasteiger partial charge in [0, 0.05) is 103 Å². The van der Waals surface area contributed by atoms with Crippen molar-refractivity contribution < 1.29 is 60.9 Å². The number of fused-ring (bicyclic) bond motifs is 10. The predicted molar refractivity (Wildman–Crippen MR) is 314 cm³/mol. The zero-order valence-electron chi connectivity index (χ0n) is 50.3. The molecule has 7 aliphatic heterocycles. The van der Waals surface area contributed by atoms with Crippen LogP contribution in [0.1, 0.15) is 106 Å². The number of thioether (sulfide) groups is 1. The number of carbonyl (C=O) groups is 3. The van der Waals surface area contributed by atoms with Crippen LogP contribution in [-0.2, 0) is 32.7 Å². The third-order valence-corrected chi connectivity index (χ3v) is 18.7. The number of aliphatic hydroxyl groups excluding tert-OH is 1. The summed E-state index contributed by atoms with van der Waals surface area (Å²) in [5.41, 5.74) is 7.41. The number of phenols is 2. The minimum Gasteiger partial charge on any atom is -0.504 e. The Labute approximate surface area is 497 Å². The molecule has 6 N–H and O–H groups in total. The summed E-state index contributed by atoms with van der Waals surface area (Å²) in [6, 6.07) is 12.4. The number of pyridine rings is 1. The first kappa shape index (κ1) is 54.6. The number of aromatic nitrogens is 5. The van der Waals surface area contributed by atoms with Gasteiger partial charge in [0.15, 0.2) is 40.0 Å². The van der Waals surface area contributed by atoms with Crippen molar-refractivity contribution in [3.8, 4) is 51.5 Å². The topological polar surface area (TPSA) is 274 Å². The van der Waals surface area contributed by atoms with Crippen molar-refractivity contribution >= 4 is 46.3 Å². The molecule has 7 aliphatic rings. The lowest BCUT2D eigenvalue weighted by Gasteiger charge is -2.62. The number of hydrogen-bond acceptors (Lipinski definition) is 22. The maximum Gasteiger partial charge on any atom is 0.331 e. The number of nitrogens with zero attached hydrogens (tertiary/aromatic N) is 7. The maximum atomic E-state index is 14.7. The van der Waals surface area contributed by atoms with Crippen LogP contribution in [0.2, 0.25) is 0 Å². The van der Waals surface area contributed by atoms with Gasteiger partial charge >= 0.3 is 11.9 Å². The Morgan fingerprint density at radius 2 is 1.75 bits per heavy atom. The van der Waals surface area contributed by atoms with Crippen LogP contribution < -0.4 is 39.6 Å². The Hall–Kier alpha value is -8.35. The number of aromatic hydroxyl groups is 2. The number of aliphatic hydroxyl groups is 1. The highest BCUT2D eigenvalue weighted by Crippen LogP contribution is 2.64. The first-order valence-electron chi connectivity index (χ1n) is 28.9. The minimum atomic E-state index is -1.36. The molecule has 3 aromatic heterocycles. The molecule has 85 heavy (non-hydrogen) atoms. The van der Waals surface area contributed by atoms with E-state index >= 15 is 0 Å². The quantitative estimate of drug-likeness (QED) is 0.0642. The van der Waals surface area contributed by atoms with Crippen LogP contribution in [0, 0.1) is 20.8 Å². The number of nitrogens with one attached hydrogen (secondary N) is 3. The van der Waals surface area contributed by atoms with Gasteiger partial charge in [-0.25, -0.2) is 24.7 Å². The van der Waals surface area contributed by atoms with Crippen LogP contribution in [0.3, 0.4) is 0 Å². The fourth-order valence-corrected chi connectivity index (χ4v) is 15.0. The average molecular weight is 1180 g/mol. The molecule has 8 atom stereocenters. The van der Waals surface area contributed by atoms with Crippen molar-refractivity contribution in [2.24, 2.45) is 0 Å². The lowest BCUT2D eigenvalue weighted by Crippen LogP contribution is -2.70. The molecule has 23 heteroatoms. The van der Waals surface area contributed by atoms with E-state index in [-0.39, 0.29) is 72.2 Å². The Bertz CT molecular complexity index is 3950. The average Bonchev–Trinajstić information content (AvgIpc) is 1.35. The molecule has 14 rings (SSSR count). The van der Waals surface area contributed by atoms with Gasteiger partial charge in [0.2, 0.25) is 6.79 Å². The number of anilines is 1. The summed E-state index contributed by atoms with van der Waals surface area (Å²) >= 11 is 1.47. The molecule has 0 aliphatic carbocycles. The molecule has 0 radical (unpaired) electrons. The van der Waals surface area contributed by atoms with Crippen LogP contribution >= 0.6 is 11.8 Å². The summed E-state index contributed by atoms with van der Waals surface area (Å²) in [5, 5.41) is 45.0. The molecule has 7 unspecified atom stereocenters. The smallest absolute Gasteiger partial charge is 0.331 e. The number of carbonyl (C=O) groups excluding carboxylic acids is 3. The van der Waals surface area contributed by atoms with Gasteiger partial charge in [-0.1, -0.05) is 31.2 Å². The van der Waals surface area contributed by atoms with Crippen molar-refractivity contribution in [3.63, 3.8) is 0 Å². The van der Waals surface area contributed by atoms with Crippen molar-refractivity contribution in [1.29, 1.82) is 0 Å². The number of phenolic OH excluding ortho intramolecular Hbond substituents is 2. The van der Waals surface area contributed by atoms with E-state index in [1.165, 1.54) is 39.2 Å². The van der Waals surface area contributed by atoms with Gasteiger partial charge in [-0.3, -0.25) is 29.7 Å². The van der Waals surface area contributed by atoms with E-state index in [0.29, 0.717) is 99.6 Å². The number of ether oxygens (including phenoxy) is 6. The van der Waals surface area contributed by atoms with Crippen LogP contribution in [0.4, 0.5) is 5.82 Å². The van der Waals surface area contributed by atoms with Gasteiger partial charge in [0.1, 0.15) is 36.6 Å². The van der Waals surface area contributed by atoms with Crippen molar-refractivity contribution in [3.05, 3.63) is 135 Å². The normalized spacial score (nSPS) is 23.3. The first-order chi connectivity index (χ1) is 41.8. The molecule has 4 bridgehead atoms. The van der Waals surface area contributed by atoms with Crippen LogP contribution in [-0.4, -0.2) is 147 Å². The lowest BCUT2D eigenvalue weighted by molar-refractivity contribution is -0.186. The zero-order chi connectivity index (χ0) is 61.5. The number of amides is 1. The van der Waals surface area contributed by atoms with Crippen molar-refractivity contribution in [2.75, 3.05) is 65.9 Å². The van der Waals surface area contributed by atoms with Crippen molar-refractivity contribution in [1.82, 2.24) is 45.4 Å². The summed E-state index contributed by atoms with van der Waals surface area (Å²) in [5.74, 6) is 1.79. The molecular formula is C62H66N10O12S. The fraction of sp³-hybridized carbons (Fsp3) is 0.387. The van der Waals surface area contributed by atoms with E-state index in [1.807, 2.05) is 50.1 Å². The van der Waals surface area contributed by atoms with E-state index in [4.69, 9.17) is 31.2 Å². The Balaban J connectivity index is 0.000000192. The van der Waals surface area contributed by atoms with E-state index in [9.17, 15) is 29.7 Å². The molecule has 0 saturated carbocycles. The van der Waals surface area contributed by atoms with Crippen LogP contribution in [0.15, 0.2) is 73.4 Å². The second-order valence-corrected chi connectivity index (χ2v) is 23.2. The van der Waals surface area contributed by atoms with Gasteiger partial charge in [0.05, 0.1) is 57.1 Å². The fourth-order valence-electron chi connectivity index (χ4n) is 13.3. The third kappa shape index (κ3) is 9.61. The maximum absolute atomic E-state index is 14.7. The standard InChI is InChI=1S/C39H43N3O11S.C23H23N7O/c1-16-9-20-10-22-37(46)42-23-13-50-38(47)39(21-12-25(48-5)24(44)11-19(21)7-8-40-39)14-54-36(30(42)29(41(22)4)26(20)31(45)32(16)49-6)28-27(23)35-34(51-15-52-35)17(2)33(28)53-18(3)43;1-14(17-5-4-6-18-19(23(31)24-3)7-8-25-22(17)18)10-28-21-9-20(29-13-30-21)16-11-26-15(2)27-12-16/h9,11-12,22-23,29-30,36-37,40,44-46H,7-8,10,13-15H2,1-6H3;4-9,11-14H,10H2,1-3H3,(H,24,31)(H,28,29,30)/t;14-/m.1/s1/i;11D,12D. The number of rotatable bonds is 9. The lowest BCUT2D eigenvalue weighted by atomic mass is 9.73. The summed E-state index contributed by atoms with van der Waals surface area (Å²) in [7, 11) is 6.56. The van der Waals surface area contributed by atoms with Crippen LogP contribution in [0.25, 0.3) is 22.2 Å². The summed E-state index contributed by atoms with van der Waals surface area (Å²) < 4.78 is 52.1. The van der Waals surface area contributed by atoms with E-state index in [1.54, 1.807) is 44.4 Å². The molecule has 1 amide bonds. The van der Waals surface area contributed by atoms with Crippen molar-refractivity contribution in [2.45, 2.75) is 94.6 Å². The number of hydrogen-bond donors (Lipinski definition) is 6. The molecule has 10 heterocycles. The van der Waals surface area contributed by atoms with Gasteiger partial charge < -0.3 is 54.4 Å². The van der Waals surface area contributed by atoms with Crippen LogP contribution in [0.5, 0.6) is 40.2 Å². The predicted octanol–water partition coefficient (Wildman–Crippen LogP) is 6.78. The van der Waals surface area contributed by atoms with Gasteiger partial charge in [0.25, 0.3) is 5.91 Å². The Morgan fingerprint density at radius 3 is 2.51 bits per heavy atom. The van der Waals surface area contributed by atoms with Gasteiger partial charge in [-0.2, -0.15) is 0 Å².